The molecule has 19 heavy (non-hydrogen) atoms. The maximum atomic E-state index is 6.00. The summed E-state index contributed by atoms with van der Waals surface area (Å²) in [6.07, 6.45) is 4.36. The van der Waals surface area contributed by atoms with Crippen molar-refractivity contribution in [2.75, 3.05) is 19.9 Å². The van der Waals surface area contributed by atoms with Gasteiger partial charge in [-0.25, -0.2) is 0 Å². The van der Waals surface area contributed by atoms with Crippen molar-refractivity contribution in [3.05, 3.63) is 53.9 Å². The van der Waals surface area contributed by atoms with E-state index in [1.54, 1.807) is 13.3 Å². The SMILES string of the molecule is CNC(Cc1cccc(OC)c1)c1cnccc1N. The molecule has 0 saturated heterocycles. The number of nitrogen functional groups attached to an aromatic ring is 1. The maximum absolute atomic E-state index is 6.00. The van der Waals surface area contributed by atoms with E-state index in [4.69, 9.17) is 10.5 Å². The van der Waals surface area contributed by atoms with Crippen LogP contribution in [0.25, 0.3) is 0 Å². The predicted octanol–water partition coefficient (Wildman–Crippen LogP) is 2.18. The molecule has 0 bridgehead atoms. The predicted molar refractivity (Wildman–Crippen MR) is 77.1 cm³/mol. The molecule has 1 aromatic heterocycles. The Morgan fingerprint density at radius 3 is 2.89 bits per heavy atom. The molecule has 0 radical (unpaired) electrons. The molecule has 3 N–H and O–H groups in total. The van der Waals surface area contributed by atoms with E-state index in [-0.39, 0.29) is 6.04 Å². The number of methoxy groups -OCH3 is 1. The molecule has 4 nitrogen and oxygen atoms in total. The highest BCUT2D eigenvalue weighted by molar-refractivity contribution is 5.46. The molecule has 0 spiro atoms. The molecule has 0 amide bonds. The van der Waals surface area contributed by atoms with Crippen LogP contribution < -0.4 is 15.8 Å². The van der Waals surface area contributed by atoms with Crippen LogP contribution in [0.5, 0.6) is 5.75 Å². The van der Waals surface area contributed by atoms with Crippen LogP contribution in [0.2, 0.25) is 0 Å². The van der Waals surface area contributed by atoms with Gasteiger partial charge in [-0.3, -0.25) is 4.98 Å². The second kappa shape index (κ2) is 6.20. The van der Waals surface area contributed by atoms with Gasteiger partial charge in [-0.15, -0.1) is 0 Å². The third-order valence-corrected chi connectivity index (χ3v) is 3.18. The van der Waals surface area contributed by atoms with E-state index in [1.807, 2.05) is 37.5 Å². The van der Waals surface area contributed by atoms with Crippen molar-refractivity contribution >= 4 is 5.69 Å². The summed E-state index contributed by atoms with van der Waals surface area (Å²) in [4.78, 5) is 4.15. The van der Waals surface area contributed by atoms with Crippen molar-refractivity contribution in [1.82, 2.24) is 10.3 Å². The molecule has 0 aliphatic heterocycles. The van der Waals surface area contributed by atoms with Crippen molar-refractivity contribution in [2.24, 2.45) is 0 Å². The average Bonchev–Trinajstić information content (AvgIpc) is 2.46. The molecule has 4 heteroatoms. The van der Waals surface area contributed by atoms with Gasteiger partial charge in [0.15, 0.2) is 0 Å². The molecule has 0 fully saturated rings. The van der Waals surface area contributed by atoms with E-state index < -0.39 is 0 Å². The maximum Gasteiger partial charge on any atom is 0.119 e. The number of nitrogens with one attached hydrogen (secondary N) is 1. The van der Waals surface area contributed by atoms with E-state index in [9.17, 15) is 0 Å². The number of hydrogen-bond donors (Lipinski definition) is 2. The largest absolute Gasteiger partial charge is 0.497 e. The quantitative estimate of drug-likeness (QED) is 0.862. The van der Waals surface area contributed by atoms with E-state index in [1.165, 1.54) is 5.56 Å². The summed E-state index contributed by atoms with van der Waals surface area (Å²) in [7, 11) is 3.60. The van der Waals surface area contributed by atoms with Crippen LogP contribution >= 0.6 is 0 Å². The molecule has 1 heterocycles. The highest BCUT2D eigenvalue weighted by Gasteiger charge is 2.13. The molecular weight excluding hydrogens is 238 g/mol. The van der Waals surface area contributed by atoms with Crippen molar-refractivity contribution < 1.29 is 4.74 Å². The minimum Gasteiger partial charge on any atom is -0.497 e. The lowest BCUT2D eigenvalue weighted by molar-refractivity contribution is 0.414. The van der Waals surface area contributed by atoms with Gasteiger partial charge in [-0.05, 0) is 37.2 Å². The lowest BCUT2D eigenvalue weighted by atomic mass is 9.99. The van der Waals surface area contributed by atoms with Gasteiger partial charge < -0.3 is 15.8 Å². The van der Waals surface area contributed by atoms with E-state index in [0.717, 1.165) is 23.4 Å². The summed E-state index contributed by atoms with van der Waals surface area (Å²) < 4.78 is 5.24. The Balaban J connectivity index is 2.21. The third kappa shape index (κ3) is 3.23. The molecular formula is C15H19N3O. The van der Waals surface area contributed by atoms with Crippen LogP contribution in [-0.4, -0.2) is 19.1 Å². The number of pyridine rings is 1. The number of hydrogen-bond acceptors (Lipinski definition) is 4. The first-order valence-corrected chi connectivity index (χ1v) is 6.24. The molecule has 2 aromatic rings. The number of nitrogens with two attached hydrogens (primary N) is 1. The van der Waals surface area contributed by atoms with Crippen LogP contribution in [0.4, 0.5) is 5.69 Å². The van der Waals surface area contributed by atoms with Crippen molar-refractivity contribution in [3.8, 4) is 5.75 Å². The lowest BCUT2D eigenvalue weighted by Crippen LogP contribution is -2.20. The fourth-order valence-corrected chi connectivity index (χ4v) is 2.11. The monoisotopic (exact) mass is 257 g/mol. The highest BCUT2D eigenvalue weighted by atomic mass is 16.5. The van der Waals surface area contributed by atoms with E-state index in [0.29, 0.717) is 0 Å². The second-order valence-corrected chi connectivity index (χ2v) is 4.40. The van der Waals surface area contributed by atoms with E-state index >= 15 is 0 Å². The summed E-state index contributed by atoms with van der Waals surface area (Å²) >= 11 is 0. The molecule has 1 unspecified atom stereocenters. The van der Waals surface area contributed by atoms with Crippen molar-refractivity contribution in [1.29, 1.82) is 0 Å². The summed E-state index contributed by atoms with van der Waals surface area (Å²) in [6, 6.07) is 10.0. The first-order chi connectivity index (χ1) is 9.24. The average molecular weight is 257 g/mol. The van der Waals surface area contributed by atoms with Crippen molar-refractivity contribution in [2.45, 2.75) is 12.5 Å². The minimum absolute atomic E-state index is 0.140. The molecule has 1 aromatic carbocycles. The molecule has 2 rings (SSSR count). The van der Waals surface area contributed by atoms with Gasteiger partial charge >= 0.3 is 0 Å². The van der Waals surface area contributed by atoms with Crippen LogP contribution in [0.15, 0.2) is 42.7 Å². The van der Waals surface area contributed by atoms with Crippen LogP contribution in [0.3, 0.4) is 0 Å². The standard InChI is InChI=1S/C15H19N3O/c1-17-15(13-10-18-7-6-14(13)16)9-11-4-3-5-12(8-11)19-2/h3-8,10,15,17H,9H2,1-2H3,(H2,16,18). The Hall–Kier alpha value is -2.07. The van der Waals surface area contributed by atoms with Gasteiger partial charge in [0.25, 0.3) is 0 Å². The Labute approximate surface area is 113 Å². The first kappa shape index (κ1) is 13.4. The van der Waals surface area contributed by atoms with Crippen LogP contribution in [-0.2, 0) is 6.42 Å². The number of aromatic nitrogens is 1. The molecule has 0 aliphatic rings. The zero-order valence-corrected chi connectivity index (χ0v) is 11.3. The van der Waals surface area contributed by atoms with Gasteiger partial charge in [0.1, 0.15) is 5.75 Å². The van der Waals surface area contributed by atoms with Gasteiger partial charge in [0.05, 0.1) is 7.11 Å². The van der Waals surface area contributed by atoms with Crippen molar-refractivity contribution in [3.63, 3.8) is 0 Å². The third-order valence-electron chi connectivity index (χ3n) is 3.18. The number of benzene rings is 1. The Morgan fingerprint density at radius 2 is 2.21 bits per heavy atom. The fourth-order valence-electron chi connectivity index (χ4n) is 2.11. The summed E-state index contributed by atoms with van der Waals surface area (Å²) in [5, 5.41) is 3.28. The number of nitrogens with zero attached hydrogens (tertiary/aromatic N) is 1. The molecule has 1 atom stereocenters. The Bertz CT molecular complexity index is 542. The normalized spacial score (nSPS) is 12.1. The van der Waals surface area contributed by atoms with Crippen LogP contribution in [0, 0.1) is 0 Å². The topological polar surface area (TPSA) is 60.2 Å². The highest BCUT2D eigenvalue weighted by Crippen LogP contribution is 2.24. The number of ether oxygens (including phenoxy) is 1. The molecule has 0 aliphatic carbocycles. The second-order valence-electron chi connectivity index (χ2n) is 4.40. The fraction of sp³-hybridized carbons (Fsp3) is 0.267. The van der Waals surface area contributed by atoms with Crippen LogP contribution in [0.1, 0.15) is 17.2 Å². The summed E-state index contributed by atoms with van der Waals surface area (Å²) in [5.41, 5.74) is 8.98. The molecule has 0 saturated carbocycles. The van der Waals surface area contributed by atoms with E-state index in [2.05, 4.69) is 16.4 Å². The minimum atomic E-state index is 0.140. The van der Waals surface area contributed by atoms with Gasteiger partial charge in [-0.2, -0.15) is 0 Å². The first-order valence-electron chi connectivity index (χ1n) is 6.24. The summed E-state index contributed by atoms with van der Waals surface area (Å²) in [6.45, 7) is 0. The zero-order chi connectivity index (χ0) is 13.7. The van der Waals surface area contributed by atoms with Gasteiger partial charge in [0.2, 0.25) is 0 Å². The number of likely N-dealkylation sites (N-methyl/N-ethyl adjacent to an activating group) is 1. The smallest absolute Gasteiger partial charge is 0.119 e. The van der Waals surface area contributed by atoms with Gasteiger partial charge in [-0.1, -0.05) is 12.1 Å². The van der Waals surface area contributed by atoms with Gasteiger partial charge in [0, 0.05) is 29.7 Å². The Kier molecular flexibility index (Phi) is 4.36. The molecule has 100 valence electrons. The zero-order valence-electron chi connectivity index (χ0n) is 11.3. The number of anilines is 1. The number of rotatable bonds is 5. The summed E-state index contributed by atoms with van der Waals surface area (Å²) in [5.74, 6) is 0.867. The lowest BCUT2D eigenvalue weighted by Gasteiger charge is -2.18. The Morgan fingerprint density at radius 1 is 1.37 bits per heavy atom.